The Morgan fingerprint density at radius 2 is 1.95 bits per heavy atom. The van der Waals surface area contributed by atoms with Crippen LogP contribution in [0.15, 0.2) is 36.5 Å². The molecule has 0 saturated heterocycles. The first-order valence-corrected chi connectivity index (χ1v) is 6.19. The minimum atomic E-state index is -4.51. The lowest BCUT2D eigenvalue weighted by molar-refractivity contribution is -0.137. The van der Waals surface area contributed by atoms with Gasteiger partial charge in [0.1, 0.15) is 11.4 Å². The van der Waals surface area contributed by atoms with Gasteiger partial charge >= 0.3 is 6.18 Å². The lowest BCUT2D eigenvalue weighted by Crippen LogP contribution is -2.05. The first-order chi connectivity index (χ1) is 10.4. The van der Waals surface area contributed by atoms with E-state index in [2.05, 4.69) is 10.1 Å². The Balaban J connectivity index is 2.07. The van der Waals surface area contributed by atoms with E-state index in [-0.39, 0.29) is 5.69 Å². The van der Waals surface area contributed by atoms with Crippen molar-refractivity contribution in [2.45, 2.75) is 6.18 Å². The second kappa shape index (κ2) is 4.90. The standard InChI is InChI=1S/C14H10F3N3O2/c1-22-12-5-2-8-7-20(19-13(8)18-12)10-4-3-9(6-11(10)21)14(15,16)17/h2-7,21H,1H3. The molecule has 0 bridgehead atoms. The van der Waals surface area contributed by atoms with Gasteiger partial charge in [0.05, 0.1) is 12.7 Å². The largest absolute Gasteiger partial charge is 0.506 e. The SMILES string of the molecule is COc1ccc2cn(-c3ccc(C(F)(F)F)cc3O)nc2n1. The number of fused-ring (bicyclic) bond motifs is 1. The predicted molar refractivity (Wildman–Crippen MR) is 72.1 cm³/mol. The number of halogens is 3. The molecule has 0 atom stereocenters. The fraction of sp³-hybridized carbons (Fsp3) is 0.143. The minimum Gasteiger partial charge on any atom is -0.506 e. The summed E-state index contributed by atoms with van der Waals surface area (Å²) in [6.45, 7) is 0. The number of hydrogen-bond acceptors (Lipinski definition) is 4. The van der Waals surface area contributed by atoms with Crippen LogP contribution in [0.1, 0.15) is 5.56 Å². The third-order valence-corrected chi connectivity index (χ3v) is 3.10. The smallest absolute Gasteiger partial charge is 0.416 e. The maximum Gasteiger partial charge on any atom is 0.416 e. The minimum absolute atomic E-state index is 0.130. The number of aromatic hydroxyl groups is 1. The zero-order valence-electron chi connectivity index (χ0n) is 11.3. The fourth-order valence-electron chi connectivity index (χ4n) is 2.02. The maximum absolute atomic E-state index is 12.6. The summed E-state index contributed by atoms with van der Waals surface area (Å²) in [5, 5.41) is 14.6. The molecule has 2 heterocycles. The molecular formula is C14H10F3N3O2. The van der Waals surface area contributed by atoms with Crippen molar-refractivity contribution in [3.05, 3.63) is 42.1 Å². The number of nitrogens with zero attached hydrogens (tertiary/aromatic N) is 3. The van der Waals surface area contributed by atoms with Gasteiger partial charge in [0.15, 0.2) is 5.65 Å². The Labute approximate surface area is 122 Å². The fourth-order valence-corrected chi connectivity index (χ4v) is 2.02. The normalized spacial score (nSPS) is 11.8. The number of alkyl halides is 3. The van der Waals surface area contributed by atoms with Crippen LogP contribution >= 0.6 is 0 Å². The van der Waals surface area contributed by atoms with E-state index in [1.54, 1.807) is 18.3 Å². The first kappa shape index (κ1) is 14.2. The highest BCUT2D eigenvalue weighted by atomic mass is 19.4. The molecule has 114 valence electrons. The molecule has 1 N–H and O–H groups in total. The van der Waals surface area contributed by atoms with Crippen molar-refractivity contribution in [1.29, 1.82) is 0 Å². The van der Waals surface area contributed by atoms with Gasteiger partial charge in [-0.15, -0.1) is 5.10 Å². The van der Waals surface area contributed by atoms with Crippen LogP contribution in [0.5, 0.6) is 11.6 Å². The quantitative estimate of drug-likeness (QED) is 0.790. The zero-order chi connectivity index (χ0) is 15.9. The number of phenols is 1. The summed E-state index contributed by atoms with van der Waals surface area (Å²) in [5.41, 5.74) is -0.436. The van der Waals surface area contributed by atoms with E-state index >= 15 is 0 Å². The zero-order valence-corrected chi connectivity index (χ0v) is 11.3. The van der Waals surface area contributed by atoms with Gasteiger partial charge in [-0.2, -0.15) is 18.2 Å². The molecule has 0 unspecified atom stereocenters. The van der Waals surface area contributed by atoms with Gasteiger partial charge in [-0.25, -0.2) is 4.68 Å². The average Bonchev–Trinajstić information content (AvgIpc) is 2.88. The summed E-state index contributed by atoms with van der Waals surface area (Å²) in [5.74, 6) is -0.149. The highest BCUT2D eigenvalue weighted by Crippen LogP contribution is 2.34. The summed E-state index contributed by atoms with van der Waals surface area (Å²) in [6, 6.07) is 6.05. The van der Waals surface area contributed by atoms with Crippen LogP contribution in [0, 0.1) is 0 Å². The van der Waals surface area contributed by atoms with E-state index in [0.717, 1.165) is 12.1 Å². The molecule has 3 aromatic rings. The first-order valence-electron chi connectivity index (χ1n) is 6.19. The lowest BCUT2D eigenvalue weighted by atomic mass is 10.2. The van der Waals surface area contributed by atoms with Crippen LogP contribution in [0.4, 0.5) is 13.2 Å². The Kier molecular flexibility index (Phi) is 3.16. The van der Waals surface area contributed by atoms with Crippen molar-refractivity contribution in [1.82, 2.24) is 14.8 Å². The molecule has 2 aromatic heterocycles. The molecule has 1 aromatic carbocycles. The number of ether oxygens (including phenoxy) is 1. The molecule has 0 amide bonds. The number of hydrogen-bond donors (Lipinski definition) is 1. The van der Waals surface area contributed by atoms with Crippen LogP contribution in [-0.2, 0) is 6.18 Å². The number of methoxy groups -OCH3 is 1. The summed E-state index contributed by atoms with van der Waals surface area (Å²) >= 11 is 0. The molecule has 0 aliphatic carbocycles. The summed E-state index contributed by atoms with van der Waals surface area (Å²) in [6.07, 6.45) is -2.95. The molecule has 0 radical (unpaired) electrons. The van der Waals surface area contributed by atoms with Gasteiger partial charge in [-0.1, -0.05) is 0 Å². The van der Waals surface area contributed by atoms with Gasteiger partial charge in [0.25, 0.3) is 0 Å². The monoisotopic (exact) mass is 309 g/mol. The third-order valence-electron chi connectivity index (χ3n) is 3.10. The van der Waals surface area contributed by atoms with Crippen LogP contribution in [0.25, 0.3) is 16.7 Å². The highest BCUT2D eigenvalue weighted by Gasteiger charge is 2.31. The second-order valence-electron chi connectivity index (χ2n) is 4.54. The summed E-state index contributed by atoms with van der Waals surface area (Å²) in [7, 11) is 1.47. The summed E-state index contributed by atoms with van der Waals surface area (Å²) in [4.78, 5) is 4.11. The third kappa shape index (κ3) is 2.43. The van der Waals surface area contributed by atoms with Gasteiger partial charge in [-0.3, -0.25) is 0 Å². The molecule has 5 nitrogen and oxygen atoms in total. The summed E-state index contributed by atoms with van der Waals surface area (Å²) < 4.78 is 44.0. The van der Waals surface area contributed by atoms with E-state index in [1.807, 2.05) is 0 Å². The van der Waals surface area contributed by atoms with Crippen molar-refractivity contribution in [3.8, 4) is 17.3 Å². The van der Waals surface area contributed by atoms with Crippen molar-refractivity contribution < 1.29 is 23.0 Å². The maximum atomic E-state index is 12.6. The van der Waals surface area contributed by atoms with E-state index in [9.17, 15) is 18.3 Å². The molecule has 3 rings (SSSR count). The molecule has 0 aliphatic rings. The van der Waals surface area contributed by atoms with E-state index in [1.165, 1.54) is 11.8 Å². The number of rotatable bonds is 2. The van der Waals surface area contributed by atoms with Crippen molar-refractivity contribution >= 4 is 11.0 Å². The van der Waals surface area contributed by atoms with Crippen molar-refractivity contribution in [3.63, 3.8) is 0 Å². The predicted octanol–water partition coefficient (Wildman–Crippen LogP) is 3.15. The number of phenolic OH excluding ortho intramolecular Hbond substituents is 1. The van der Waals surface area contributed by atoms with Crippen LogP contribution < -0.4 is 4.74 Å². The van der Waals surface area contributed by atoms with Crippen LogP contribution in [0.2, 0.25) is 0 Å². The van der Waals surface area contributed by atoms with Gasteiger partial charge in [-0.05, 0) is 24.3 Å². The highest BCUT2D eigenvalue weighted by molar-refractivity contribution is 5.75. The average molecular weight is 309 g/mol. The van der Waals surface area contributed by atoms with Gasteiger partial charge in [0.2, 0.25) is 5.88 Å². The molecular weight excluding hydrogens is 299 g/mol. The van der Waals surface area contributed by atoms with Crippen LogP contribution in [0.3, 0.4) is 0 Å². The molecule has 8 heteroatoms. The van der Waals surface area contributed by atoms with E-state index in [4.69, 9.17) is 4.74 Å². The Bertz CT molecular complexity index is 843. The van der Waals surface area contributed by atoms with Gasteiger partial charge in [0, 0.05) is 17.6 Å². The molecule has 0 saturated carbocycles. The number of aromatic nitrogens is 3. The second-order valence-corrected chi connectivity index (χ2v) is 4.54. The Hall–Kier alpha value is -2.77. The number of benzene rings is 1. The topological polar surface area (TPSA) is 60.2 Å². The lowest BCUT2D eigenvalue weighted by Gasteiger charge is -2.09. The van der Waals surface area contributed by atoms with E-state index in [0.29, 0.717) is 23.0 Å². The van der Waals surface area contributed by atoms with Gasteiger partial charge < -0.3 is 9.84 Å². The van der Waals surface area contributed by atoms with Crippen molar-refractivity contribution in [2.75, 3.05) is 7.11 Å². The molecule has 0 aliphatic heterocycles. The molecule has 0 fully saturated rings. The number of pyridine rings is 1. The van der Waals surface area contributed by atoms with E-state index < -0.39 is 17.5 Å². The van der Waals surface area contributed by atoms with Crippen LogP contribution in [-0.4, -0.2) is 27.0 Å². The Morgan fingerprint density at radius 3 is 2.59 bits per heavy atom. The molecule has 22 heavy (non-hydrogen) atoms. The molecule has 0 spiro atoms. The van der Waals surface area contributed by atoms with Crippen molar-refractivity contribution in [2.24, 2.45) is 0 Å². The Morgan fingerprint density at radius 1 is 1.18 bits per heavy atom.